The largest absolute Gasteiger partial charge is 0.478 e. The molecule has 5 nitrogen and oxygen atoms in total. The molecule has 21 heavy (non-hydrogen) atoms. The molecule has 6 heteroatoms. The highest BCUT2D eigenvalue weighted by Gasteiger charge is 2.14. The summed E-state index contributed by atoms with van der Waals surface area (Å²) in [6.45, 7) is 1.64. The van der Waals surface area contributed by atoms with Gasteiger partial charge in [-0.05, 0) is 35.0 Å². The molecule has 0 saturated carbocycles. The summed E-state index contributed by atoms with van der Waals surface area (Å²) in [4.78, 5) is 23.9. The Hall–Kier alpha value is -2.34. The Kier molecular flexibility index (Phi) is 3.39. The van der Waals surface area contributed by atoms with E-state index in [2.05, 4.69) is 30.9 Å². The fourth-order valence-electron chi connectivity index (χ4n) is 2.04. The molecule has 0 bridgehead atoms. The van der Waals surface area contributed by atoms with Crippen LogP contribution < -0.4 is 0 Å². The van der Waals surface area contributed by atoms with Gasteiger partial charge in [0.15, 0.2) is 5.82 Å². The molecule has 1 aromatic carbocycles. The number of hydrogen-bond acceptors (Lipinski definition) is 4. The summed E-state index contributed by atoms with van der Waals surface area (Å²) in [7, 11) is 0. The Morgan fingerprint density at radius 2 is 2.00 bits per heavy atom. The van der Waals surface area contributed by atoms with Crippen molar-refractivity contribution in [2.45, 2.75) is 6.92 Å². The van der Waals surface area contributed by atoms with Crippen molar-refractivity contribution in [3.63, 3.8) is 0 Å². The molecule has 0 aliphatic carbocycles. The molecule has 0 aliphatic heterocycles. The number of carbonyl (C=O) groups is 1. The summed E-state index contributed by atoms with van der Waals surface area (Å²) in [5.41, 5.74) is 1.93. The van der Waals surface area contributed by atoms with Gasteiger partial charge in [0.05, 0.1) is 16.8 Å². The van der Waals surface area contributed by atoms with Gasteiger partial charge < -0.3 is 5.11 Å². The lowest BCUT2D eigenvalue weighted by molar-refractivity contribution is 0.0695. The zero-order valence-electron chi connectivity index (χ0n) is 11.0. The van der Waals surface area contributed by atoms with E-state index in [1.165, 1.54) is 6.20 Å². The van der Waals surface area contributed by atoms with Crippen molar-refractivity contribution in [1.29, 1.82) is 0 Å². The number of benzene rings is 1. The van der Waals surface area contributed by atoms with Gasteiger partial charge in [-0.1, -0.05) is 18.2 Å². The van der Waals surface area contributed by atoms with Crippen LogP contribution in [0.3, 0.4) is 0 Å². The Morgan fingerprint density at radius 3 is 2.71 bits per heavy atom. The Labute approximate surface area is 128 Å². The number of pyridine rings is 1. The number of fused-ring (bicyclic) bond motifs is 1. The van der Waals surface area contributed by atoms with Crippen LogP contribution in [0.1, 0.15) is 16.1 Å². The van der Waals surface area contributed by atoms with Gasteiger partial charge >= 0.3 is 5.97 Å². The molecule has 3 rings (SSSR count). The second kappa shape index (κ2) is 5.21. The number of rotatable bonds is 2. The highest BCUT2D eigenvalue weighted by Crippen LogP contribution is 2.27. The van der Waals surface area contributed by atoms with E-state index in [-0.39, 0.29) is 5.56 Å². The van der Waals surface area contributed by atoms with Crippen molar-refractivity contribution in [2.75, 3.05) is 0 Å². The minimum Gasteiger partial charge on any atom is -0.478 e. The van der Waals surface area contributed by atoms with Gasteiger partial charge in [0.1, 0.15) is 5.69 Å². The van der Waals surface area contributed by atoms with Crippen LogP contribution in [0.2, 0.25) is 0 Å². The number of halogens is 1. The van der Waals surface area contributed by atoms with Crippen molar-refractivity contribution in [3.05, 3.63) is 52.3 Å². The fraction of sp³-hybridized carbons (Fsp3) is 0.0667. The summed E-state index contributed by atoms with van der Waals surface area (Å²) in [6.07, 6.45) is 1.31. The average molecular weight is 344 g/mol. The van der Waals surface area contributed by atoms with E-state index in [4.69, 9.17) is 5.11 Å². The SMILES string of the molecule is Cc1nc(-c2nc3ccccc3cc2Br)ncc1C(=O)O. The van der Waals surface area contributed by atoms with Crippen LogP contribution in [-0.2, 0) is 0 Å². The van der Waals surface area contributed by atoms with Crippen LogP contribution in [0.4, 0.5) is 0 Å². The van der Waals surface area contributed by atoms with E-state index < -0.39 is 5.97 Å². The smallest absolute Gasteiger partial charge is 0.339 e. The van der Waals surface area contributed by atoms with Crippen molar-refractivity contribution in [1.82, 2.24) is 15.0 Å². The molecule has 0 atom stereocenters. The van der Waals surface area contributed by atoms with E-state index in [0.717, 1.165) is 15.4 Å². The van der Waals surface area contributed by atoms with Crippen LogP contribution in [0.5, 0.6) is 0 Å². The minimum absolute atomic E-state index is 0.0932. The van der Waals surface area contributed by atoms with Gasteiger partial charge in [0.25, 0.3) is 0 Å². The maximum Gasteiger partial charge on any atom is 0.339 e. The molecule has 0 radical (unpaired) electrons. The molecule has 0 saturated heterocycles. The van der Waals surface area contributed by atoms with Crippen LogP contribution in [-0.4, -0.2) is 26.0 Å². The molecule has 0 unspecified atom stereocenters. The maximum absolute atomic E-state index is 11.0. The van der Waals surface area contributed by atoms with Gasteiger partial charge in [-0.25, -0.2) is 19.7 Å². The van der Waals surface area contributed by atoms with Crippen molar-refractivity contribution in [2.24, 2.45) is 0 Å². The topological polar surface area (TPSA) is 76.0 Å². The third kappa shape index (κ3) is 2.50. The number of hydrogen-bond donors (Lipinski definition) is 1. The minimum atomic E-state index is -1.04. The normalized spacial score (nSPS) is 10.8. The molecular weight excluding hydrogens is 334 g/mol. The monoisotopic (exact) mass is 343 g/mol. The van der Waals surface area contributed by atoms with E-state index >= 15 is 0 Å². The number of carboxylic acids is 1. The van der Waals surface area contributed by atoms with Gasteiger partial charge in [0.2, 0.25) is 0 Å². The molecule has 0 aliphatic rings. The predicted molar refractivity (Wildman–Crippen MR) is 82.2 cm³/mol. The van der Waals surface area contributed by atoms with Gasteiger partial charge in [0, 0.05) is 16.1 Å². The first-order valence-electron chi connectivity index (χ1n) is 6.19. The standard InChI is InChI=1S/C15H10BrN3O2/c1-8-10(15(20)21)7-17-14(18-8)13-11(16)6-9-4-2-3-5-12(9)19-13/h2-7H,1H3,(H,20,21). The zero-order valence-corrected chi connectivity index (χ0v) is 12.6. The summed E-state index contributed by atoms with van der Waals surface area (Å²) in [5.74, 6) is -0.639. The Bertz CT molecular complexity index is 865. The number of para-hydroxylation sites is 1. The van der Waals surface area contributed by atoms with Gasteiger partial charge in [-0.2, -0.15) is 0 Å². The molecule has 1 N–H and O–H groups in total. The first-order chi connectivity index (χ1) is 10.1. The molecule has 3 aromatic rings. The summed E-state index contributed by atoms with van der Waals surface area (Å²) in [6, 6.07) is 9.67. The molecule has 104 valence electrons. The number of nitrogens with zero attached hydrogens (tertiary/aromatic N) is 3. The maximum atomic E-state index is 11.0. The predicted octanol–water partition coefficient (Wildman–Crippen LogP) is 3.46. The second-order valence-corrected chi connectivity index (χ2v) is 5.36. The first kappa shape index (κ1) is 13.6. The summed E-state index contributed by atoms with van der Waals surface area (Å²) < 4.78 is 0.767. The van der Waals surface area contributed by atoms with E-state index in [1.807, 2.05) is 30.3 Å². The van der Waals surface area contributed by atoms with E-state index in [0.29, 0.717) is 17.2 Å². The molecule has 2 heterocycles. The Balaban J connectivity index is 2.18. The van der Waals surface area contributed by atoms with Crippen LogP contribution in [0.15, 0.2) is 41.0 Å². The van der Waals surface area contributed by atoms with Crippen molar-refractivity contribution >= 4 is 32.8 Å². The van der Waals surface area contributed by atoms with Gasteiger partial charge in [-0.3, -0.25) is 0 Å². The molecule has 0 spiro atoms. The van der Waals surface area contributed by atoms with E-state index in [9.17, 15) is 4.79 Å². The van der Waals surface area contributed by atoms with E-state index in [1.54, 1.807) is 6.92 Å². The summed E-state index contributed by atoms with van der Waals surface area (Å²) >= 11 is 3.47. The lowest BCUT2D eigenvalue weighted by Crippen LogP contribution is -2.05. The summed E-state index contributed by atoms with van der Waals surface area (Å²) in [5, 5.41) is 10.0. The van der Waals surface area contributed by atoms with Crippen LogP contribution in [0, 0.1) is 6.92 Å². The number of aryl methyl sites for hydroxylation is 1. The highest BCUT2D eigenvalue weighted by molar-refractivity contribution is 9.10. The molecular formula is C15H10BrN3O2. The molecule has 0 amide bonds. The average Bonchev–Trinajstić information content (AvgIpc) is 2.46. The third-order valence-corrected chi connectivity index (χ3v) is 3.70. The van der Waals surface area contributed by atoms with Crippen LogP contribution >= 0.6 is 15.9 Å². The molecule has 0 fully saturated rings. The highest BCUT2D eigenvalue weighted by atomic mass is 79.9. The lowest BCUT2D eigenvalue weighted by Gasteiger charge is -2.07. The lowest BCUT2D eigenvalue weighted by atomic mass is 10.2. The zero-order chi connectivity index (χ0) is 15.0. The third-order valence-electron chi connectivity index (χ3n) is 3.10. The van der Waals surface area contributed by atoms with Crippen molar-refractivity contribution < 1.29 is 9.90 Å². The van der Waals surface area contributed by atoms with Gasteiger partial charge in [-0.15, -0.1) is 0 Å². The van der Waals surface area contributed by atoms with Crippen molar-refractivity contribution in [3.8, 4) is 11.5 Å². The first-order valence-corrected chi connectivity index (χ1v) is 6.98. The second-order valence-electron chi connectivity index (χ2n) is 4.51. The number of aromatic nitrogens is 3. The number of aromatic carboxylic acids is 1. The fourth-order valence-corrected chi connectivity index (χ4v) is 2.55. The molecule has 2 aromatic heterocycles. The number of carboxylic acid groups (broad SMARTS) is 1. The quantitative estimate of drug-likeness (QED) is 0.770. The Morgan fingerprint density at radius 1 is 1.24 bits per heavy atom. The van der Waals surface area contributed by atoms with Crippen LogP contribution in [0.25, 0.3) is 22.4 Å².